The van der Waals surface area contributed by atoms with Crippen LogP contribution in [0.15, 0.2) is 60.4 Å². The lowest BCUT2D eigenvalue weighted by atomic mass is 10.2. The molecule has 0 aliphatic carbocycles. The summed E-state index contributed by atoms with van der Waals surface area (Å²) in [6.45, 7) is 4.00. The van der Waals surface area contributed by atoms with Gasteiger partial charge in [-0.1, -0.05) is 18.7 Å². The molecule has 20 heavy (non-hydrogen) atoms. The standard InChI is InChI=1S/C15H16N4O/c1-2-18-15(17)12-5-8-14(19-10-12)20-13-6-3-11(9-16)4-7-13/h2-8,10H,1,9,16H2,(H2,17,18). The number of rotatable bonds is 5. The largest absolute Gasteiger partial charge is 0.439 e. The average Bonchev–Trinajstić information content (AvgIpc) is 2.49. The minimum Gasteiger partial charge on any atom is -0.439 e. The maximum atomic E-state index is 5.73. The Bertz CT molecular complexity index is 603. The van der Waals surface area contributed by atoms with Gasteiger partial charge in [-0.2, -0.15) is 0 Å². The number of amidine groups is 1. The predicted octanol–water partition coefficient (Wildman–Crippen LogP) is 2.18. The van der Waals surface area contributed by atoms with Gasteiger partial charge in [-0.15, -0.1) is 0 Å². The van der Waals surface area contributed by atoms with Crippen LogP contribution in [0.5, 0.6) is 11.6 Å². The summed E-state index contributed by atoms with van der Waals surface area (Å²) in [5, 5.41) is 0. The van der Waals surface area contributed by atoms with Gasteiger partial charge < -0.3 is 16.2 Å². The van der Waals surface area contributed by atoms with E-state index in [2.05, 4.69) is 16.6 Å². The van der Waals surface area contributed by atoms with E-state index in [-0.39, 0.29) is 0 Å². The van der Waals surface area contributed by atoms with Crippen molar-refractivity contribution >= 4 is 5.84 Å². The normalized spacial score (nSPS) is 11.2. The van der Waals surface area contributed by atoms with Crippen LogP contribution in [0.3, 0.4) is 0 Å². The van der Waals surface area contributed by atoms with E-state index in [4.69, 9.17) is 16.2 Å². The predicted molar refractivity (Wildman–Crippen MR) is 79.6 cm³/mol. The Balaban J connectivity index is 2.10. The number of benzene rings is 1. The molecule has 0 aliphatic heterocycles. The van der Waals surface area contributed by atoms with Gasteiger partial charge in [0.1, 0.15) is 11.6 Å². The second-order valence-corrected chi connectivity index (χ2v) is 4.03. The molecule has 0 fully saturated rings. The highest BCUT2D eigenvalue weighted by atomic mass is 16.5. The number of nitrogens with zero attached hydrogens (tertiary/aromatic N) is 2. The lowest BCUT2D eigenvalue weighted by Crippen LogP contribution is -2.12. The third-order valence-electron chi connectivity index (χ3n) is 2.64. The van der Waals surface area contributed by atoms with Crippen LogP contribution in [0.1, 0.15) is 11.1 Å². The lowest BCUT2D eigenvalue weighted by Gasteiger charge is -2.06. The van der Waals surface area contributed by atoms with Crippen molar-refractivity contribution in [2.24, 2.45) is 16.5 Å². The molecule has 0 bridgehead atoms. The zero-order chi connectivity index (χ0) is 14.4. The Hall–Kier alpha value is -2.66. The van der Waals surface area contributed by atoms with Crippen LogP contribution in [-0.2, 0) is 6.54 Å². The summed E-state index contributed by atoms with van der Waals surface area (Å²) in [5.41, 5.74) is 13.0. The van der Waals surface area contributed by atoms with E-state index < -0.39 is 0 Å². The van der Waals surface area contributed by atoms with Gasteiger partial charge in [0.05, 0.1) is 0 Å². The molecule has 4 N–H and O–H groups in total. The zero-order valence-corrected chi connectivity index (χ0v) is 11.0. The molecule has 1 heterocycles. The molecule has 5 nitrogen and oxygen atoms in total. The molecule has 0 atom stereocenters. The van der Waals surface area contributed by atoms with Gasteiger partial charge in [-0.25, -0.2) is 9.98 Å². The molecule has 0 saturated heterocycles. The minimum absolute atomic E-state index is 0.367. The monoisotopic (exact) mass is 268 g/mol. The Kier molecular flexibility index (Phi) is 4.47. The molecule has 1 aromatic carbocycles. The number of aromatic nitrogens is 1. The smallest absolute Gasteiger partial charge is 0.219 e. The van der Waals surface area contributed by atoms with Gasteiger partial charge in [-0.05, 0) is 23.8 Å². The molecular weight excluding hydrogens is 252 g/mol. The molecule has 0 unspecified atom stereocenters. The van der Waals surface area contributed by atoms with Gasteiger partial charge in [0, 0.05) is 30.6 Å². The molecule has 0 spiro atoms. The van der Waals surface area contributed by atoms with Crippen molar-refractivity contribution in [1.29, 1.82) is 0 Å². The van der Waals surface area contributed by atoms with Gasteiger partial charge in [0.15, 0.2) is 0 Å². The average molecular weight is 268 g/mol. The van der Waals surface area contributed by atoms with Crippen LogP contribution in [-0.4, -0.2) is 10.8 Å². The van der Waals surface area contributed by atoms with Crippen LogP contribution in [0.4, 0.5) is 0 Å². The zero-order valence-electron chi connectivity index (χ0n) is 11.0. The second-order valence-electron chi connectivity index (χ2n) is 4.03. The van der Waals surface area contributed by atoms with E-state index in [1.165, 1.54) is 6.20 Å². The summed E-state index contributed by atoms with van der Waals surface area (Å²) in [6, 6.07) is 11.1. The minimum atomic E-state index is 0.367. The maximum Gasteiger partial charge on any atom is 0.219 e. The number of nitrogens with two attached hydrogens (primary N) is 2. The second kappa shape index (κ2) is 6.49. The van der Waals surface area contributed by atoms with E-state index in [0.717, 1.165) is 11.1 Å². The van der Waals surface area contributed by atoms with Crippen LogP contribution in [0.25, 0.3) is 0 Å². The number of ether oxygens (including phenoxy) is 1. The van der Waals surface area contributed by atoms with Crippen LogP contribution >= 0.6 is 0 Å². The molecular formula is C15H16N4O. The number of hydrogen-bond acceptors (Lipinski definition) is 4. The van der Waals surface area contributed by atoms with Crippen molar-refractivity contribution in [3.63, 3.8) is 0 Å². The Morgan fingerprint density at radius 3 is 2.55 bits per heavy atom. The number of pyridine rings is 1. The van der Waals surface area contributed by atoms with Gasteiger partial charge >= 0.3 is 0 Å². The molecule has 0 radical (unpaired) electrons. The maximum absolute atomic E-state index is 5.73. The van der Waals surface area contributed by atoms with Crippen molar-refractivity contribution in [3.05, 3.63) is 66.5 Å². The van der Waals surface area contributed by atoms with E-state index >= 15 is 0 Å². The Morgan fingerprint density at radius 2 is 2.00 bits per heavy atom. The topological polar surface area (TPSA) is 86.5 Å². The van der Waals surface area contributed by atoms with E-state index in [1.807, 2.05) is 24.3 Å². The quantitative estimate of drug-likeness (QED) is 0.642. The molecule has 1 aromatic heterocycles. The molecule has 0 saturated carbocycles. The lowest BCUT2D eigenvalue weighted by molar-refractivity contribution is 0.462. The van der Waals surface area contributed by atoms with E-state index in [0.29, 0.717) is 24.0 Å². The van der Waals surface area contributed by atoms with Crippen molar-refractivity contribution in [3.8, 4) is 11.6 Å². The summed E-state index contributed by atoms with van der Waals surface area (Å²) in [6.07, 6.45) is 2.99. The first-order chi connectivity index (χ1) is 9.72. The first-order valence-electron chi connectivity index (χ1n) is 6.10. The van der Waals surface area contributed by atoms with Gasteiger partial charge in [0.2, 0.25) is 5.88 Å². The Labute approximate surface area is 117 Å². The van der Waals surface area contributed by atoms with Crippen LogP contribution < -0.4 is 16.2 Å². The highest BCUT2D eigenvalue weighted by molar-refractivity contribution is 5.97. The van der Waals surface area contributed by atoms with Crippen molar-refractivity contribution in [1.82, 2.24) is 4.98 Å². The first kappa shape index (κ1) is 13.8. The fraction of sp³-hybridized carbons (Fsp3) is 0.0667. The van der Waals surface area contributed by atoms with Gasteiger partial charge in [0.25, 0.3) is 0 Å². The van der Waals surface area contributed by atoms with Crippen molar-refractivity contribution in [2.45, 2.75) is 6.54 Å². The highest BCUT2D eigenvalue weighted by Gasteiger charge is 2.02. The third kappa shape index (κ3) is 3.43. The van der Waals surface area contributed by atoms with E-state index in [1.54, 1.807) is 18.3 Å². The molecule has 5 heteroatoms. The highest BCUT2D eigenvalue weighted by Crippen LogP contribution is 2.19. The number of aliphatic imine (C=N–C) groups is 1. The van der Waals surface area contributed by atoms with E-state index in [9.17, 15) is 0 Å². The Morgan fingerprint density at radius 1 is 1.25 bits per heavy atom. The van der Waals surface area contributed by atoms with Crippen LogP contribution in [0, 0.1) is 0 Å². The van der Waals surface area contributed by atoms with Crippen molar-refractivity contribution < 1.29 is 4.74 Å². The molecule has 0 aliphatic rings. The summed E-state index contributed by atoms with van der Waals surface area (Å²) in [5.74, 6) is 1.56. The SMILES string of the molecule is C=CN=C(N)c1ccc(Oc2ccc(CN)cc2)nc1. The molecule has 2 aromatic rings. The fourth-order valence-electron chi connectivity index (χ4n) is 1.58. The van der Waals surface area contributed by atoms with Crippen molar-refractivity contribution in [2.75, 3.05) is 0 Å². The first-order valence-corrected chi connectivity index (χ1v) is 6.10. The summed E-state index contributed by atoms with van der Waals surface area (Å²) >= 11 is 0. The third-order valence-corrected chi connectivity index (χ3v) is 2.64. The number of hydrogen-bond donors (Lipinski definition) is 2. The summed E-state index contributed by atoms with van der Waals surface area (Å²) < 4.78 is 5.62. The molecule has 0 amide bonds. The summed E-state index contributed by atoms with van der Waals surface area (Å²) in [4.78, 5) is 8.07. The molecule has 102 valence electrons. The molecule has 2 rings (SSSR count). The van der Waals surface area contributed by atoms with Gasteiger partial charge in [-0.3, -0.25) is 0 Å². The fourth-order valence-corrected chi connectivity index (χ4v) is 1.58. The summed E-state index contributed by atoms with van der Waals surface area (Å²) in [7, 11) is 0. The van der Waals surface area contributed by atoms with Crippen LogP contribution in [0.2, 0.25) is 0 Å².